The number of hydrogen-bond acceptors (Lipinski definition) is 3. The third kappa shape index (κ3) is 3.07. The van der Waals surface area contributed by atoms with Gasteiger partial charge in [-0.1, -0.05) is 30.3 Å². The van der Waals surface area contributed by atoms with Crippen LogP contribution in [0, 0.1) is 0 Å². The number of ether oxygens (including phenoxy) is 1. The first kappa shape index (κ1) is 14.5. The number of fused-ring (bicyclic) bond motifs is 1. The van der Waals surface area contributed by atoms with Gasteiger partial charge < -0.3 is 10.1 Å². The monoisotopic (exact) mass is 319 g/mol. The third-order valence-electron chi connectivity index (χ3n) is 3.00. The van der Waals surface area contributed by atoms with E-state index >= 15 is 0 Å². The fraction of sp³-hybridized carbons (Fsp3) is 0.0625. The van der Waals surface area contributed by atoms with Crippen LogP contribution in [-0.2, 0) is 0 Å². The number of carbonyl (C=O) groups is 1. The molecule has 0 fully saturated rings. The van der Waals surface area contributed by atoms with Gasteiger partial charge in [-0.05, 0) is 29.7 Å². The molecule has 0 radical (unpaired) electrons. The largest absolute Gasteiger partial charge is 0.433 e. The summed E-state index contributed by atoms with van der Waals surface area (Å²) >= 11 is 1.34. The number of anilines is 1. The maximum atomic E-state index is 12.4. The van der Waals surface area contributed by atoms with Crippen molar-refractivity contribution in [3.8, 4) is 5.75 Å². The van der Waals surface area contributed by atoms with Crippen molar-refractivity contribution in [2.24, 2.45) is 0 Å². The fourth-order valence-electron chi connectivity index (χ4n) is 2.05. The Morgan fingerprint density at radius 1 is 1.09 bits per heavy atom. The van der Waals surface area contributed by atoms with Gasteiger partial charge in [-0.15, -0.1) is 11.3 Å². The molecule has 0 saturated heterocycles. The van der Waals surface area contributed by atoms with E-state index in [-0.39, 0.29) is 17.3 Å². The van der Waals surface area contributed by atoms with Crippen molar-refractivity contribution in [1.82, 2.24) is 0 Å². The molecule has 1 N–H and O–H groups in total. The molecule has 0 bridgehead atoms. The number of rotatable bonds is 4. The van der Waals surface area contributed by atoms with Crippen LogP contribution in [0.3, 0.4) is 0 Å². The van der Waals surface area contributed by atoms with Gasteiger partial charge in [0.05, 0.1) is 10.6 Å². The Hall–Kier alpha value is -2.47. The SMILES string of the molecule is O=C(Nc1ccccc1OC(F)F)c1cc2ccccc2s1. The van der Waals surface area contributed by atoms with Gasteiger partial charge in [0.1, 0.15) is 5.75 Å². The second kappa shape index (κ2) is 6.11. The van der Waals surface area contributed by atoms with Crippen molar-refractivity contribution in [3.05, 3.63) is 59.5 Å². The summed E-state index contributed by atoms with van der Waals surface area (Å²) in [5.74, 6) is -0.418. The second-order valence-electron chi connectivity index (χ2n) is 4.48. The molecule has 6 heteroatoms. The zero-order valence-corrected chi connectivity index (χ0v) is 12.1. The standard InChI is InChI=1S/C16H11F2NO2S/c17-16(18)21-12-7-3-2-6-11(12)19-15(20)14-9-10-5-1-4-8-13(10)22-14/h1-9,16H,(H,19,20). The second-order valence-corrected chi connectivity index (χ2v) is 5.56. The van der Waals surface area contributed by atoms with E-state index in [9.17, 15) is 13.6 Å². The molecule has 3 rings (SSSR count). The molecule has 2 aromatic carbocycles. The van der Waals surface area contributed by atoms with Crippen LogP contribution < -0.4 is 10.1 Å². The van der Waals surface area contributed by atoms with Crippen LogP contribution in [-0.4, -0.2) is 12.5 Å². The van der Waals surface area contributed by atoms with E-state index < -0.39 is 6.61 Å². The lowest BCUT2D eigenvalue weighted by molar-refractivity contribution is -0.0493. The molecule has 1 heterocycles. The van der Waals surface area contributed by atoms with Crippen molar-refractivity contribution in [2.45, 2.75) is 6.61 Å². The molecule has 22 heavy (non-hydrogen) atoms. The van der Waals surface area contributed by atoms with Gasteiger partial charge in [0.15, 0.2) is 0 Å². The molecule has 0 aliphatic rings. The van der Waals surface area contributed by atoms with Gasteiger partial charge in [-0.25, -0.2) is 0 Å². The number of alkyl halides is 2. The molecule has 0 atom stereocenters. The number of thiophene rings is 1. The molecule has 1 aromatic heterocycles. The van der Waals surface area contributed by atoms with Gasteiger partial charge in [0.25, 0.3) is 5.91 Å². The number of carbonyl (C=O) groups excluding carboxylic acids is 1. The summed E-state index contributed by atoms with van der Waals surface area (Å²) in [4.78, 5) is 12.8. The highest BCUT2D eigenvalue weighted by Crippen LogP contribution is 2.29. The minimum absolute atomic E-state index is 0.0630. The molecule has 112 valence electrons. The molecular weight excluding hydrogens is 308 g/mol. The smallest absolute Gasteiger partial charge is 0.387 e. The van der Waals surface area contributed by atoms with Crippen molar-refractivity contribution in [1.29, 1.82) is 0 Å². The fourth-order valence-corrected chi connectivity index (χ4v) is 3.00. The first-order valence-corrected chi connectivity index (χ1v) is 7.29. The van der Waals surface area contributed by atoms with Crippen LogP contribution in [0.1, 0.15) is 9.67 Å². The van der Waals surface area contributed by atoms with Crippen molar-refractivity contribution in [2.75, 3.05) is 5.32 Å². The predicted octanol–water partition coefficient (Wildman–Crippen LogP) is 4.76. The number of para-hydroxylation sites is 2. The highest BCUT2D eigenvalue weighted by atomic mass is 32.1. The summed E-state index contributed by atoms with van der Waals surface area (Å²) in [5.41, 5.74) is 0.213. The molecule has 3 nitrogen and oxygen atoms in total. The molecule has 0 saturated carbocycles. The van der Waals surface area contributed by atoms with Crippen molar-refractivity contribution < 1.29 is 18.3 Å². The zero-order valence-electron chi connectivity index (χ0n) is 11.3. The zero-order chi connectivity index (χ0) is 15.5. The van der Waals surface area contributed by atoms with Crippen LogP contribution >= 0.6 is 11.3 Å². The summed E-state index contributed by atoms with van der Waals surface area (Å²) in [7, 11) is 0. The Morgan fingerprint density at radius 2 is 1.82 bits per heavy atom. The van der Waals surface area contributed by atoms with Gasteiger partial charge in [0.2, 0.25) is 0 Å². The van der Waals surface area contributed by atoms with Crippen molar-refractivity contribution in [3.63, 3.8) is 0 Å². The van der Waals surface area contributed by atoms with Crippen LogP contribution in [0.4, 0.5) is 14.5 Å². The van der Waals surface area contributed by atoms with Gasteiger partial charge >= 0.3 is 6.61 Å². The number of benzene rings is 2. The summed E-state index contributed by atoms with van der Waals surface area (Å²) in [6.45, 7) is -2.94. The van der Waals surface area contributed by atoms with Gasteiger partial charge in [-0.3, -0.25) is 4.79 Å². The molecule has 0 unspecified atom stereocenters. The molecule has 3 aromatic rings. The van der Waals surface area contributed by atoms with Crippen LogP contribution in [0.25, 0.3) is 10.1 Å². The molecule has 0 aliphatic heterocycles. The lowest BCUT2D eigenvalue weighted by atomic mass is 10.2. The number of nitrogens with one attached hydrogen (secondary N) is 1. The normalized spacial score (nSPS) is 10.9. The van der Waals surface area contributed by atoms with E-state index in [1.54, 1.807) is 18.2 Å². The first-order chi connectivity index (χ1) is 10.6. The minimum atomic E-state index is -2.94. The van der Waals surface area contributed by atoms with Crippen LogP contribution in [0.2, 0.25) is 0 Å². The van der Waals surface area contributed by atoms with E-state index in [1.807, 2.05) is 24.3 Å². The van der Waals surface area contributed by atoms with E-state index in [0.717, 1.165) is 10.1 Å². The Bertz CT molecular complexity index is 784. The third-order valence-corrected chi connectivity index (χ3v) is 4.12. The Kier molecular flexibility index (Phi) is 4.02. The lowest BCUT2D eigenvalue weighted by Gasteiger charge is -2.10. The Balaban J connectivity index is 1.85. The molecule has 1 amide bonds. The number of hydrogen-bond donors (Lipinski definition) is 1. The summed E-state index contributed by atoms with van der Waals surface area (Å²) in [5, 5.41) is 3.57. The first-order valence-electron chi connectivity index (χ1n) is 6.47. The molecule has 0 aliphatic carbocycles. The molecule has 0 spiro atoms. The van der Waals surface area contributed by atoms with E-state index in [4.69, 9.17) is 0 Å². The predicted molar refractivity (Wildman–Crippen MR) is 82.9 cm³/mol. The lowest BCUT2D eigenvalue weighted by Crippen LogP contribution is -2.12. The topological polar surface area (TPSA) is 38.3 Å². The Morgan fingerprint density at radius 3 is 2.59 bits per heavy atom. The quantitative estimate of drug-likeness (QED) is 0.753. The van der Waals surface area contributed by atoms with E-state index in [1.165, 1.54) is 23.5 Å². The molecular formula is C16H11F2NO2S. The average Bonchev–Trinajstić information content (AvgIpc) is 2.93. The maximum absolute atomic E-state index is 12.4. The van der Waals surface area contributed by atoms with Gasteiger partial charge in [-0.2, -0.15) is 8.78 Å². The van der Waals surface area contributed by atoms with E-state index in [2.05, 4.69) is 10.1 Å². The van der Waals surface area contributed by atoms with Gasteiger partial charge in [0, 0.05) is 4.70 Å². The Labute approximate surface area is 129 Å². The highest BCUT2D eigenvalue weighted by molar-refractivity contribution is 7.20. The summed E-state index contributed by atoms with van der Waals surface area (Å²) in [6, 6.07) is 15.5. The summed E-state index contributed by atoms with van der Waals surface area (Å²) < 4.78 is 30.1. The van der Waals surface area contributed by atoms with Crippen LogP contribution in [0.15, 0.2) is 54.6 Å². The average molecular weight is 319 g/mol. The van der Waals surface area contributed by atoms with Crippen LogP contribution in [0.5, 0.6) is 5.75 Å². The number of amides is 1. The number of halogens is 2. The highest BCUT2D eigenvalue weighted by Gasteiger charge is 2.14. The minimum Gasteiger partial charge on any atom is -0.433 e. The van der Waals surface area contributed by atoms with E-state index in [0.29, 0.717) is 4.88 Å². The summed E-state index contributed by atoms with van der Waals surface area (Å²) in [6.07, 6.45) is 0. The maximum Gasteiger partial charge on any atom is 0.387 e. The van der Waals surface area contributed by atoms with Crippen molar-refractivity contribution >= 4 is 33.0 Å².